The smallest absolute Gasteiger partial charge is 0.229 e. The van der Waals surface area contributed by atoms with Crippen molar-refractivity contribution in [1.29, 1.82) is 0 Å². The maximum Gasteiger partial charge on any atom is 0.229 e. The van der Waals surface area contributed by atoms with Gasteiger partial charge in [0.25, 0.3) is 0 Å². The van der Waals surface area contributed by atoms with Gasteiger partial charge in [-0.3, -0.25) is 9.59 Å². The molecule has 1 aromatic rings. The van der Waals surface area contributed by atoms with Gasteiger partial charge in [0.1, 0.15) is 5.82 Å². The number of carbonyl (C=O) groups excluding carboxylic acids is 2. The van der Waals surface area contributed by atoms with Gasteiger partial charge in [0, 0.05) is 24.7 Å². The topological polar surface area (TPSA) is 49.4 Å². The zero-order valence-electron chi connectivity index (χ0n) is 15.2. The molecule has 25 heavy (non-hydrogen) atoms. The van der Waals surface area contributed by atoms with Gasteiger partial charge in [-0.25, -0.2) is 4.39 Å². The molecule has 0 unspecified atom stereocenters. The van der Waals surface area contributed by atoms with Crippen molar-refractivity contribution in [3.05, 3.63) is 29.6 Å². The van der Waals surface area contributed by atoms with Crippen LogP contribution in [0.15, 0.2) is 18.2 Å². The predicted molar refractivity (Wildman–Crippen MR) is 95.6 cm³/mol. The van der Waals surface area contributed by atoms with E-state index in [0.717, 1.165) is 12.8 Å². The molecule has 2 aliphatic rings. The Morgan fingerprint density at radius 3 is 2.76 bits per heavy atom. The standard InChI is InChI=1S/C20H27FN2O2/c1-12-5-4-6-18(14(12)3)23-11-15(10-19(23)24)20(25)22-17-8-7-16(21)9-13(17)2/h7-9,12,14-15,18H,4-6,10-11H2,1-3H3,(H,22,25)/t12-,14-,15+,18-/m0/s1. The van der Waals surface area contributed by atoms with Crippen LogP contribution in [0.3, 0.4) is 0 Å². The van der Waals surface area contributed by atoms with Gasteiger partial charge in [0.15, 0.2) is 0 Å². The van der Waals surface area contributed by atoms with Crippen molar-refractivity contribution in [2.24, 2.45) is 17.8 Å². The average molecular weight is 346 g/mol. The number of nitrogens with zero attached hydrogens (tertiary/aromatic N) is 1. The molecular weight excluding hydrogens is 319 g/mol. The van der Waals surface area contributed by atoms with E-state index in [9.17, 15) is 14.0 Å². The first-order valence-electron chi connectivity index (χ1n) is 9.23. The van der Waals surface area contributed by atoms with E-state index >= 15 is 0 Å². The molecule has 3 rings (SSSR count). The lowest BCUT2D eigenvalue weighted by Gasteiger charge is -2.40. The number of anilines is 1. The average Bonchev–Trinajstić information content (AvgIpc) is 2.94. The fourth-order valence-corrected chi connectivity index (χ4v) is 4.22. The molecule has 2 fully saturated rings. The Kier molecular flexibility index (Phi) is 5.11. The first-order valence-corrected chi connectivity index (χ1v) is 9.23. The minimum Gasteiger partial charge on any atom is -0.339 e. The Bertz CT molecular complexity index is 676. The number of hydrogen-bond acceptors (Lipinski definition) is 2. The predicted octanol–water partition coefficient (Wildman–Crippen LogP) is 3.75. The molecule has 4 nitrogen and oxygen atoms in total. The highest BCUT2D eigenvalue weighted by Crippen LogP contribution is 2.36. The van der Waals surface area contributed by atoms with E-state index in [0.29, 0.717) is 29.6 Å². The summed E-state index contributed by atoms with van der Waals surface area (Å²) < 4.78 is 13.2. The van der Waals surface area contributed by atoms with Crippen LogP contribution in [0.4, 0.5) is 10.1 Å². The van der Waals surface area contributed by atoms with Crippen LogP contribution in [-0.4, -0.2) is 29.3 Å². The molecule has 1 N–H and O–H groups in total. The fraction of sp³-hybridized carbons (Fsp3) is 0.600. The van der Waals surface area contributed by atoms with Crippen molar-refractivity contribution in [2.75, 3.05) is 11.9 Å². The molecule has 136 valence electrons. The van der Waals surface area contributed by atoms with Gasteiger partial charge in [0.2, 0.25) is 11.8 Å². The molecule has 0 spiro atoms. The molecule has 0 aromatic heterocycles. The second-order valence-corrected chi connectivity index (χ2v) is 7.73. The van der Waals surface area contributed by atoms with Crippen LogP contribution in [0, 0.1) is 30.5 Å². The fourth-order valence-electron chi connectivity index (χ4n) is 4.22. The van der Waals surface area contributed by atoms with Gasteiger partial charge in [-0.05, 0) is 48.9 Å². The third kappa shape index (κ3) is 3.70. The molecule has 1 saturated heterocycles. The van der Waals surface area contributed by atoms with Crippen LogP contribution in [0.2, 0.25) is 0 Å². The number of halogens is 1. The van der Waals surface area contributed by atoms with Gasteiger partial charge in [-0.15, -0.1) is 0 Å². The summed E-state index contributed by atoms with van der Waals surface area (Å²) in [5, 5.41) is 2.86. The van der Waals surface area contributed by atoms with E-state index in [1.807, 2.05) is 4.90 Å². The van der Waals surface area contributed by atoms with E-state index in [-0.39, 0.29) is 36.0 Å². The quantitative estimate of drug-likeness (QED) is 0.906. The number of benzene rings is 1. The van der Waals surface area contributed by atoms with Crippen LogP contribution in [0.25, 0.3) is 0 Å². The van der Waals surface area contributed by atoms with Crippen molar-refractivity contribution in [3.8, 4) is 0 Å². The van der Waals surface area contributed by atoms with Crippen LogP contribution in [0.5, 0.6) is 0 Å². The molecule has 0 bridgehead atoms. The third-order valence-corrected chi connectivity index (χ3v) is 6.04. The lowest BCUT2D eigenvalue weighted by atomic mass is 9.77. The Balaban J connectivity index is 1.66. The molecular formula is C20H27FN2O2. The SMILES string of the molecule is Cc1cc(F)ccc1NC(=O)[C@@H]1CC(=O)N([C@H]2CCC[C@H](C)[C@@H]2C)C1. The minimum atomic E-state index is -0.332. The largest absolute Gasteiger partial charge is 0.339 e. The van der Waals surface area contributed by atoms with E-state index in [2.05, 4.69) is 19.2 Å². The number of amides is 2. The van der Waals surface area contributed by atoms with Crippen molar-refractivity contribution >= 4 is 17.5 Å². The third-order valence-electron chi connectivity index (χ3n) is 6.04. The van der Waals surface area contributed by atoms with Gasteiger partial charge >= 0.3 is 0 Å². The van der Waals surface area contributed by atoms with Gasteiger partial charge in [0.05, 0.1) is 5.92 Å². The van der Waals surface area contributed by atoms with E-state index in [4.69, 9.17) is 0 Å². The maximum absolute atomic E-state index is 13.2. The van der Waals surface area contributed by atoms with Crippen LogP contribution in [-0.2, 0) is 9.59 Å². The summed E-state index contributed by atoms with van der Waals surface area (Å²) >= 11 is 0. The van der Waals surface area contributed by atoms with Gasteiger partial charge in [-0.1, -0.05) is 26.7 Å². The molecule has 5 heteroatoms. The molecule has 4 atom stereocenters. The lowest BCUT2D eigenvalue weighted by Crippen LogP contribution is -2.45. The number of hydrogen-bond donors (Lipinski definition) is 1. The molecule has 1 aliphatic heterocycles. The summed E-state index contributed by atoms with van der Waals surface area (Å²) in [5.41, 5.74) is 1.29. The summed E-state index contributed by atoms with van der Waals surface area (Å²) in [4.78, 5) is 27.0. The lowest BCUT2D eigenvalue weighted by molar-refractivity contribution is -0.131. The molecule has 0 radical (unpaired) electrons. The van der Waals surface area contributed by atoms with Crippen molar-refractivity contribution in [2.45, 2.75) is 52.5 Å². The van der Waals surface area contributed by atoms with Crippen molar-refractivity contribution in [1.82, 2.24) is 4.90 Å². The highest BCUT2D eigenvalue weighted by molar-refractivity contribution is 5.97. The molecule has 2 amide bonds. The zero-order chi connectivity index (χ0) is 18.1. The normalized spacial score (nSPS) is 29.8. The van der Waals surface area contributed by atoms with Crippen LogP contribution < -0.4 is 5.32 Å². The van der Waals surface area contributed by atoms with E-state index in [1.54, 1.807) is 13.0 Å². The first kappa shape index (κ1) is 17.9. The number of likely N-dealkylation sites (tertiary alicyclic amines) is 1. The van der Waals surface area contributed by atoms with E-state index < -0.39 is 0 Å². The van der Waals surface area contributed by atoms with Crippen molar-refractivity contribution < 1.29 is 14.0 Å². The Hall–Kier alpha value is -1.91. The summed E-state index contributed by atoms with van der Waals surface area (Å²) in [7, 11) is 0. The highest BCUT2D eigenvalue weighted by atomic mass is 19.1. The monoisotopic (exact) mass is 346 g/mol. The number of carbonyl (C=O) groups is 2. The minimum absolute atomic E-state index is 0.0851. The number of nitrogens with one attached hydrogen (secondary N) is 1. The van der Waals surface area contributed by atoms with E-state index in [1.165, 1.54) is 18.6 Å². The first-order chi connectivity index (χ1) is 11.9. The summed E-state index contributed by atoms with van der Waals surface area (Å²) in [5.74, 6) is 0.364. The number of rotatable bonds is 3. The Morgan fingerprint density at radius 1 is 1.28 bits per heavy atom. The summed E-state index contributed by atoms with van der Waals surface area (Å²) in [6, 6.07) is 4.55. The molecule has 1 saturated carbocycles. The van der Waals surface area contributed by atoms with Gasteiger partial charge in [-0.2, -0.15) is 0 Å². The molecule has 1 aromatic carbocycles. The van der Waals surface area contributed by atoms with Crippen LogP contribution in [0.1, 0.15) is 45.1 Å². The molecule has 1 heterocycles. The number of aryl methyl sites for hydroxylation is 1. The molecule has 1 aliphatic carbocycles. The Labute approximate surface area is 148 Å². The summed E-state index contributed by atoms with van der Waals surface area (Å²) in [6.07, 6.45) is 3.66. The Morgan fingerprint density at radius 2 is 2.04 bits per heavy atom. The summed E-state index contributed by atoms with van der Waals surface area (Å²) in [6.45, 7) is 6.72. The second kappa shape index (κ2) is 7.14. The van der Waals surface area contributed by atoms with Crippen molar-refractivity contribution in [3.63, 3.8) is 0 Å². The second-order valence-electron chi connectivity index (χ2n) is 7.73. The van der Waals surface area contributed by atoms with Crippen LogP contribution >= 0.6 is 0 Å². The maximum atomic E-state index is 13.2. The van der Waals surface area contributed by atoms with Gasteiger partial charge < -0.3 is 10.2 Å². The highest BCUT2D eigenvalue weighted by Gasteiger charge is 2.41. The zero-order valence-corrected chi connectivity index (χ0v) is 15.2.